The lowest BCUT2D eigenvalue weighted by Crippen LogP contribution is -2.53. The van der Waals surface area contributed by atoms with Gasteiger partial charge in [0.2, 0.25) is 17.7 Å². The largest absolute Gasteiger partial charge is 0.460 e. The number of rotatable bonds is 47. The van der Waals surface area contributed by atoms with Crippen LogP contribution in [0.5, 0.6) is 0 Å². The molecule has 0 aromatic carbocycles. The van der Waals surface area contributed by atoms with Crippen molar-refractivity contribution in [3.8, 4) is 0 Å². The van der Waals surface area contributed by atoms with E-state index in [1.807, 2.05) is 0 Å². The van der Waals surface area contributed by atoms with Crippen molar-refractivity contribution < 1.29 is 105 Å². The molecule has 0 fully saturated rings. The summed E-state index contributed by atoms with van der Waals surface area (Å²) < 4.78 is 51.6. The quantitative estimate of drug-likeness (QED) is 0.0127. The Hall–Kier alpha value is -7.38. The lowest BCUT2D eigenvalue weighted by atomic mass is 9.70. The van der Waals surface area contributed by atoms with Crippen LogP contribution in [0, 0.1) is 5.41 Å². The van der Waals surface area contributed by atoms with Crippen LogP contribution in [-0.4, -0.2) is 151 Å². The van der Waals surface area contributed by atoms with Gasteiger partial charge in [0.05, 0.1) is 0 Å². The maximum Gasteiger partial charge on any atom is 0.306 e. The van der Waals surface area contributed by atoms with Gasteiger partial charge in [-0.3, -0.25) is 62.3 Å². The molecule has 0 aromatic heterocycles. The van der Waals surface area contributed by atoms with Gasteiger partial charge in [-0.2, -0.15) is 0 Å². The number of nitrogens with one attached hydrogen (secondary N) is 3. The Morgan fingerprint density at radius 3 is 0.649 bits per heavy atom. The maximum atomic E-state index is 15.6. The fourth-order valence-electron chi connectivity index (χ4n) is 12.4. The fraction of sp³-hybridized carbons (Fsp3) is 0.843. The van der Waals surface area contributed by atoms with Crippen LogP contribution < -0.4 is 16.0 Å². The van der Waals surface area contributed by atoms with Crippen LogP contribution in [0.15, 0.2) is 5.11 Å². The average molecular weight is 1580 g/mol. The predicted octanol–water partition coefficient (Wildman–Crippen LogP) is 15.8. The number of azide groups is 1. The topological polar surface area (TPSA) is 390 Å². The van der Waals surface area contributed by atoms with Crippen molar-refractivity contribution >= 4 is 77.2 Å². The zero-order chi connectivity index (χ0) is 86.1. The summed E-state index contributed by atoms with van der Waals surface area (Å²) in [6.07, 6.45) is -5.42. The molecular formula is C83H144N6O22. The Morgan fingerprint density at radius 2 is 0.441 bits per heavy atom. The number of esters is 9. The molecule has 0 heterocycles. The van der Waals surface area contributed by atoms with Crippen LogP contribution in [0.25, 0.3) is 10.4 Å². The Labute approximate surface area is 663 Å². The van der Waals surface area contributed by atoms with Crippen molar-refractivity contribution in [3.63, 3.8) is 0 Å². The number of hydrogen-bond donors (Lipinski definition) is 3. The van der Waals surface area contributed by atoms with E-state index in [9.17, 15) is 47.9 Å². The summed E-state index contributed by atoms with van der Waals surface area (Å²) in [6.45, 7) is 45.7. The molecule has 0 aliphatic heterocycles. The fourth-order valence-corrected chi connectivity index (χ4v) is 12.4. The van der Waals surface area contributed by atoms with Crippen molar-refractivity contribution in [3.05, 3.63) is 10.4 Å². The minimum absolute atomic E-state index is 0.0593. The highest BCUT2D eigenvalue weighted by Crippen LogP contribution is 2.42. The SMILES string of the molecule is CC(C)(C)OC(=O)CCC(CCC(=O)OC(C)(C)C)(CCC(=O)OC(C)(C)C)CC(=O)CCC(CCC(=O)NC(CCC(=O)OC(C)(C)C)(CCC(=O)OC(C)(C)C)CCC(=O)OC(C)(C)C)(CCC(=O)NC(CCC(=O)OC(C)(C)C)(CCC(=O)OC(C)(C)C)CCC(=O)OC(C)(C)C)NC(=O)CCCCCN=[N+]=[N-]. The Balaban J connectivity index is 9.30. The number of amides is 3. The monoisotopic (exact) mass is 1580 g/mol. The second kappa shape index (κ2) is 44.9. The highest BCUT2D eigenvalue weighted by Gasteiger charge is 2.43. The van der Waals surface area contributed by atoms with Gasteiger partial charge in [0, 0.05) is 118 Å². The molecule has 28 heteroatoms. The van der Waals surface area contributed by atoms with Crippen LogP contribution in [0.2, 0.25) is 0 Å². The minimum atomic E-state index is -1.73. The molecule has 0 aliphatic carbocycles. The van der Waals surface area contributed by atoms with E-state index in [1.54, 1.807) is 187 Å². The molecule has 3 amide bonds. The molecule has 0 spiro atoms. The van der Waals surface area contributed by atoms with Gasteiger partial charge >= 0.3 is 53.7 Å². The molecule has 0 unspecified atom stereocenters. The third-order valence-corrected chi connectivity index (χ3v) is 16.8. The number of carbonyl (C=O) groups is 13. The van der Waals surface area contributed by atoms with Gasteiger partial charge in [-0.1, -0.05) is 11.5 Å². The number of hydrogen-bond acceptors (Lipinski definition) is 23. The Kier molecular flexibility index (Phi) is 41.9. The zero-order valence-corrected chi connectivity index (χ0v) is 73.0. The number of unbranched alkanes of at least 4 members (excludes halogenated alkanes) is 2. The Morgan fingerprint density at radius 1 is 0.252 bits per heavy atom. The first-order valence-electron chi connectivity index (χ1n) is 39.6. The third kappa shape index (κ3) is 54.9. The number of carbonyl (C=O) groups excluding carboxylic acids is 13. The van der Waals surface area contributed by atoms with Gasteiger partial charge in [-0.25, -0.2) is 0 Å². The summed E-state index contributed by atoms with van der Waals surface area (Å²) in [5.74, 6) is -8.20. The lowest BCUT2D eigenvalue weighted by molar-refractivity contribution is -0.159. The molecule has 0 rings (SSSR count). The van der Waals surface area contributed by atoms with Crippen LogP contribution in [0.1, 0.15) is 373 Å². The van der Waals surface area contributed by atoms with Gasteiger partial charge < -0.3 is 58.6 Å². The van der Waals surface area contributed by atoms with Crippen LogP contribution in [0.3, 0.4) is 0 Å². The number of nitrogens with zero attached hydrogens (tertiary/aromatic N) is 3. The smallest absolute Gasteiger partial charge is 0.306 e. The molecule has 0 atom stereocenters. The van der Waals surface area contributed by atoms with Gasteiger partial charge in [0.25, 0.3) is 0 Å². The summed E-state index contributed by atoms with van der Waals surface area (Å²) in [6, 6.07) is 0. The zero-order valence-electron chi connectivity index (χ0n) is 73.0. The molecule has 0 aromatic rings. The number of Topliss-reactive ketones (excluding diaryl/α,β-unsaturated/α-hetero) is 1. The first-order valence-corrected chi connectivity index (χ1v) is 39.6. The molecule has 28 nitrogen and oxygen atoms in total. The van der Waals surface area contributed by atoms with E-state index in [0.29, 0.717) is 12.8 Å². The molecule has 111 heavy (non-hydrogen) atoms. The van der Waals surface area contributed by atoms with Gasteiger partial charge in [0.15, 0.2) is 0 Å². The summed E-state index contributed by atoms with van der Waals surface area (Å²) in [5, 5.41) is 13.0. The van der Waals surface area contributed by atoms with Crippen molar-refractivity contribution in [2.75, 3.05) is 6.54 Å². The van der Waals surface area contributed by atoms with E-state index >= 15 is 14.4 Å². The van der Waals surface area contributed by atoms with Gasteiger partial charge in [-0.15, -0.1) is 0 Å². The minimum Gasteiger partial charge on any atom is -0.460 e. The maximum absolute atomic E-state index is 15.6. The summed E-state index contributed by atoms with van der Waals surface area (Å²) >= 11 is 0. The first-order chi connectivity index (χ1) is 50.2. The molecule has 0 saturated carbocycles. The van der Waals surface area contributed by atoms with Crippen molar-refractivity contribution in [2.24, 2.45) is 10.5 Å². The predicted molar refractivity (Wildman–Crippen MR) is 421 cm³/mol. The highest BCUT2D eigenvalue weighted by molar-refractivity contribution is 5.83. The molecule has 638 valence electrons. The molecule has 0 radical (unpaired) electrons. The molecule has 0 aliphatic rings. The van der Waals surface area contributed by atoms with E-state index in [2.05, 4.69) is 26.0 Å². The van der Waals surface area contributed by atoms with E-state index in [0.717, 1.165) is 0 Å². The lowest BCUT2D eigenvalue weighted by Gasteiger charge is -2.39. The summed E-state index contributed by atoms with van der Waals surface area (Å²) in [7, 11) is 0. The van der Waals surface area contributed by atoms with Crippen LogP contribution in [-0.2, 0) is 105 Å². The third-order valence-electron chi connectivity index (χ3n) is 16.8. The van der Waals surface area contributed by atoms with E-state index in [1.165, 1.54) is 0 Å². The average Bonchev–Trinajstić information content (AvgIpc) is 0.830. The highest BCUT2D eigenvalue weighted by atomic mass is 16.6. The molecular weight excluding hydrogens is 1430 g/mol. The standard InChI is InChI=1S/C83H144N6O22/c1-71(2,3)103-62(94)35-44-80(45-36-63(95)104-72(4,5)6,46-37-64(96)105-73(7,8)9)57-58(90)32-47-81(86-59(91)31-29-28-30-56-85-89-84,48-33-60(92)87-82(50-38-65(97)106-74(10,11)12,51-39-66(98)107-75(13,14)15)52-40-67(99)108-76(16,17)18)49-34-61(93)88-83(53-41-68(100)109-77(19,20)21,54-42-69(101)110-78(22,23)24)55-43-70(102)111-79(25,26)27/h28-57H2,1-27H3,(H,86,91)(H,87,92)(H,88,93). The number of ketones is 1. The van der Waals surface area contributed by atoms with E-state index in [4.69, 9.17) is 48.2 Å². The summed E-state index contributed by atoms with van der Waals surface area (Å²) in [5.41, 5.74) is -5.44. The van der Waals surface area contributed by atoms with Crippen LogP contribution in [0.4, 0.5) is 0 Å². The molecule has 0 bridgehead atoms. The van der Waals surface area contributed by atoms with E-state index < -0.39 is 169 Å². The first kappa shape index (κ1) is 104. The van der Waals surface area contributed by atoms with Crippen LogP contribution >= 0.6 is 0 Å². The van der Waals surface area contributed by atoms with E-state index in [-0.39, 0.29) is 161 Å². The van der Waals surface area contributed by atoms with Crippen molar-refractivity contribution in [2.45, 2.75) is 440 Å². The number of ether oxygens (including phenoxy) is 9. The second-order valence-electron chi connectivity index (χ2n) is 38.7. The normalized spacial score (nSPS) is 12.9. The second-order valence-corrected chi connectivity index (χ2v) is 38.7. The van der Waals surface area contributed by atoms with Crippen molar-refractivity contribution in [1.29, 1.82) is 0 Å². The van der Waals surface area contributed by atoms with Gasteiger partial charge in [-0.05, 0) is 288 Å². The van der Waals surface area contributed by atoms with Gasteiger partial charge in [0.1, 0.15) is 56.2 Å². The molecule has 0 saturated heterocycles. The summed E-state index contributed by atoms with van der Waals surface area (Å²) in [4.78, 5) is 188. The Bertz CT molecular complexity index is 2590. The van der Waals surface area contributed by atoms with Crippen molar-refractivity contribution in [1.82, 2.24) is 16.0 Å². The molecule has 3 N–H and O–H groups in total.